The maximum absolute atomic E-state index is 5.20. The molecule has 1 unspecified atom stereocenters. The summed E-state index contributed by atoms with van der Waals surface area (Å²) in [6.45, 7) is 3.40. The second-order valence-electron chi connectivity index (χ2n) is 5.64. The number of ether oxygens (including phenoxy) is 1. The van der Waals surface area contributed by atoms with Gasteiger partial charge in [-0.15, -0.1) is 0 Å². The van der Waals surface area contributed by atoms with Crippen LogP contribution in [0.25, 0.3) is 0 Å². The van der Waals surface area contributed by atoms with Gasteiger partial charge in [-0.25, -0.2) is 0 Å². The maximum Gasteiger partial charge on any atom is 0.118 e. The van der Waals surface area contributed by atoms with Crippen LogP contribution in [0.15, 0.2) is 24.3 Å². The molecule has 1 aromatic carbocycles. The molecule has 106 valence electrons. The van der Waals surface area contributed by atoms with Gasteiger partial charge in [-0.3, -0.25) is 0 Å². The quantitative estimate of drug-likeness (QED) is 0.768. The normalized spacial score (nSPS) is 16.9. The largest absolute Gasteiger partial charge is 0.497 e. The van der Waals surface area contributed by atoms with Gasteiger partial charge in [0.05, 0.1) is 7.11 Å². The smallest absolute Gasteiger partial charge is 0.118 e. The summed E-state index contributed by atoms with van der Waals surface area (Å²) in [7, 11) is 1.72. The fourth-order valence-corrected chi connectivity index (χ4v) is 2.79. The Labute approximate surface area is 117 Å². The molecule has 19 heavy (non-hydrogen) atoms. The Balaban J connectivity index is 1.82. The summed E-state index contributed by atoms with van der Waals surface area (Å²) in [5.41, 5.74) is 1.42. The molecule has 0 aliphatic heterocycles. The molecular weight excluding hydrogens is 234 g/mol. The molecule has 0 saturated heterocycles. The number of nitrogens with one attached hydrogen (secondary N) is 1. The monoisotopic (exact) mass is 261 g/mol. The predicted molar refractivity (Wildman–Crippen MR) is 80.7 cm³/mol. The molecule has 0 radical (unpaired) electrons. The Morgan fingerprint density at radius 2 is 2.00 bits per heavy atom. The van der Waals surface area contributed by atoms with Crippen LogP contribution in [0.2, 0.25) is 0 Å². The van der Waals surface area contributed by atoms with Crippen molar-refractivity contribution in [1.82, 2.24) is 5.32 Å². The summed E-state index contributed by atoms with van der Waals surface area (Å²) < 4.78 is 5.20. The average molecular weight is 261 g/mol. The lowest BCUT2D eigenvalue weighted by molar-refractivity contribution is 0.220. The summed E-state index contributed by atoms with van der Waals surface area (Å²) in [5, 5.41) is 3.74. The summed E-state index contributed by atoms with van der Waals surface area (Å²) in [6, 6.07) is 9.23. The van der Waals surface area contributed by atoms with Gasteiger partial charge >= 0.3 is 0 Å². The molecule has 0 spiro atoms. The van der Waals surface area contributed by atoms with E-state index in [1.165, 1.54) is 44.1 Å². The van der Waals surface area contributed by atoms with Gasteiger partial charge < -0.3 is 10.1 Å². The van der Waals surface area contributed by atoms with E-state index in [2.05, 4.69) is 36.5 Å². The number of benzene rings is 1. The van der Waals surface area contributed by atoms with Gasteiger partial charge in [0.25, 0.3) is 0 Å². The lowest BCUT2D eigenvalue weighted by Gasteiger charge is -2.34. The highest BCUT2D eigenvalue weighted by Crippen LogP contribution is 2.31. The number of hydrogen-bond donors (Lipinski definition) is 1. The van der Waals surface area contributed by atoms with Crippen LogP contribution in [0.4, 0.5) is 0 Å². The van der Waals surface area contributed by atoms with Crippen LogP contribution < -0.4 is 10.1 Å². The van der Waals surface area contributed by atoms with Gasteiger partial charge in [0.15, 0.2) is 0 Å². The first kappa shape index (κ1) is 14.4. The Morgan fingerprint density at radius 1 is 1.26 bits per heavy atom. The highest BCUT2D eigenvalue weighted by molar-refractivity contribution is 5.27. The number of aryl methyl sites for hydroxylation is 1. The zero-order valence-corrected chi connectivity index (χ0v) is 12.3. The molecule has 1 aliphatic carbocycles. The first-order valence-electron chi connectivity index (χ1n) is 7.69. The van der Waals surface area contributed by atoms with Gasteiger partial charge in [0.2, 0.25) is 0 Å². The van der Waals surface area contributed by atoms with Crippen LogP contribution in [0.5, 0.6) is 5.75 Å². The van der Waals surface area contributed by atoms with Crippen LogP contribution in [-0.2, 0) is 6.42 Å². The zero-order valence-electron chi connectivity index (χ0n) is 12.3. The van der Waals surface area contributed by atoms with Crippen LogP contribution in [0, 0.1) is 5.92 Å². The van der Waals surface area contributed by atoms with Crippen LogP contribution in [-0.4, -0.2) is 19.7 Å². The molecule has 1 N–H and O–H groups in total. The predicted octanol–water partition coefficient (Wildman–Crippen LogP) is 3.80. The molecule has 2 nitrogen and oxygen atoms in total. The zero-order chi connectivity index (χ0) is 13.5. The lowest BCUT2D eigenvalue weighted by Crippen LogP contribution is -2.40. The molecule has 0 heterocycles. The minimum Gasteiger partial charge on any atom is -0.497 e. The van der Waals surface area contributed by atoms with Crippen LogP contribution in [0.1, 0.15) is 44.6 Å². The highest BCUT2D eigenvalue weighted by Gasteiger charge is 2.26. The van der Waals surface area contributed by atoms with Crippen molar-refractivity contribution in [3.8, 4) is 5.75 Å². The second kappa shape index (κ2) is 7.54. The van der Waals surface area contributed by atoms with E-state index in [-0.39, 0.29) is 0 Å². The fourth-order valence-electron chi connectivity index (χ4n) is 2.79. The van der Waals surface area contributed by atoms with Crippen molar-refractivity contribution in [2.24, 2.45) is 5.92 Å². The van der Waals surface area contributed by atoms with E-state index in [1.54, 1.807) is 7.11 Å². The first-order valence-corrected chi connectivity index (χ1v) is 7.69. The molecule has 1 aliphatic rings. The van der Waals surface area contributed by atoms with E-state index in [9.17, 15) is 0 Å². The molecule has 1 atom stereocenters. The van der Waals surface area contributed by atoms with Gasteiger partial charge in [-0.2, -0.15) is 0 Å². The van der Waals surface area contributed by atoms with E-state index in [0.717, 1.165) is 24.3 Å². The molecule has 0 aromatic heterocycles. The van der Waals surface area contributed by atoms with Crippen LogP contribution >= 0.6 is 0 Å². The van der Waals surface area contributed by atoms with Crippen molar-refractivity contribution in [3.05, 3.63) is 29.8 Å². The molecule has 2 rings (SSSR count). The number of rotatable bonds is 8. The van der Waals surface area contributed by atoms with Gasteiger partial charge in [0, 0.05) is 6.04 Å². The Hall–Kier alpha value is -1.02. The minimum absolute atomic E-state index is 0.718. The van der Waals surface area contributed by atoms with Crippen molar-refractivity contribution in [2.75, 3.05) is 13.7 Å². The third kappa shape index (κ3) is 4.24. The second-order valence-corrected chi connectivity index (χ2v) is 5.64. The van der Waals surface area contributed by atoms with E-state index >= 15 is 0 Å². The third-order valence-corrected chi connectivity index (χ3v) is 4.28. The van der Waals surface area contributed by atoms with Crippen molar-refractivity contribution in [1.29, 1.82) is 0 Å². The summed E-state index contributed by atoms with van der Waals surface area (Å²) in [4.78, 5) is 0. The molecule has 2 heteroatoms. The fraction of sp³-hybridized carbons (Fsp3) is 0.647. The van der Waals surface area contributed by atoms with Crippen molar-refractivity contribution in [3.63, 3.8) is 0 Å². The van der Waals surface area contributed by atoms with E-state index in [0.29, 0.717) is 0 Å². The Kier molecular flexibility index (Phi) is 5.71. The van der Waals surface area contributed by atoms with Gasteiger partial charge in [-0.05, 0) is 62.3 Å². The van der Waals surface area contributed by atoms with E-state index < -0.39 is 0 Å². The summed E-state index contributed by atoms with van der Waals surface area (Å²) in [5.74, 6) is 1.87. The Morgan fingerprint density at radius 3 is 2.53 bits per heavy atom. The number of hydrogen-bond acceptors (Lipinski definition) is 2. The van der Waals surface area contributed by atoms with E-state index in [4.69, 9.17) is 4.74 Å². The third-order valence-electron chi connectivity index (χ3n) is 4.28. The topological polar surface area (TPSA) is 21.3 Å². The SMILES string of the molecule is CCCNC(CCc1ccc(OC)cc1)C1CCC1. The highest BCUT2D eigenvalue weighted by atomic mass is 16.5. The van der Waals surface area contributed by atoms with Gasteiger partial charge in [-0.1, -0.05) is 25.5 Å². The lowest BCUT2D eigenvalue weighted by atomic mass is 9.78. The van der Waals surface area contributed by atoms with Crippen molar-refractivity contribution in [2.45, 2.75) is 51.5 Å². The molecule has 1 fully saturated rings. The standard InChI is InChI=1S/C17H27NO/c1-3-13-18-17(15-5-4-6-15)12-9-14-7-10-16(19-2)11-8-14/h7-8,10-11,15,17-18H,3-6,9,12-13H2,1-2H3. The molecule has 1 saturated carbocycles. The maximum atomic E-state index is 5.20. The van der Waals surface area contributed by atoms with Crippen molar-refractivity contribution < 1.29 is 4.74 Å². The van der Waals surface area contributed by atoms with E-state index in [1.807, 2.05) is 0 Å². The molecular formula is C17H27NO. The van der Waals surface area contributed by atoms with Crippen LogP contribution in [0.3, 0.4) is 0 Å². The first-order chi connectivity index (χ1) is 9.33. The summed E-state index contributed by atoms with van der Waals surface area (Å²) >= 11 is 0. The summed E-state index contributed by atoms with van der Waals surface area (Å²) in [6.07, 6.45) is 7.93. The molecule has 1 aromatic rings. The molecule has 0 bridgehead atoms. The van der Waals surface area contributed by atoms with Gasteiger partial charge in [0.1, 0.15) is 5.75 Å². The van der Waals surface area contributed by atoms with Crippen molar-refractivity contribution >= 4 is 0 Å². The average Bonchev–Trinajstić information content (AvgIpc) is 2.40. The number of methoxy groups -OCH3 is 1. The molecule has 0 amide bonds. The Bertz CT molecular complexity index is 356. The minimum atomic E-state index is 0.718.